The standard InChI is InChI=1S/C8H12N2O2/c1-5-9-8(12-10-5)4-7(11)6-2-3-6/h6-7,11H,2-4H2,1H3. The van der Waals surface area contributed by atoms with Crippen LogP contribution in [0.15, 0.2) is 4.52 Å². The second kappa shape index (κ2) is 2.86. The topological polar surface area (TPSA) is 59.2 Å². The summed E-state index contributed by atoms with van der Waals surface area (Å²) in [4.78, 5) is 4.02. The number of aryl methyl sites for hydroxylation is 1. The molecule has 1 saturated carbocycles. The molecule has 1 atom stereocenters. The molecule has 0 bridgehead atoms. The predicted molar refractivity (Wildman–Crippen MR) is 41.5 cm³/mol. The maximum atomic E-state index is 9.52. The van der Waals surface area contributed by atoms with E-state index < -0.39 is 0 Å². The van der Waals surface area contributed by atoms with E-state index in [9.17, 15) is 5.11 Å². The summed E-state index contributed by atoms with van der Waals surface area (Å²) in [5, 5.41) is 13.2. The minimum absolute atomic E-state index is 0.287. The van der Waals surface area contributed by atoms with Crippen molar-refractivity contribution in [1.82, 2.24) is 10.1 Å². The molecule has 1 fully saturated rings. The van der Waals surface area contributed by atoms with Crippen molar-refractivity contribution in [3.8, 4) is 0 Å². The van der Waals surface area contributed by atoms with Crippen LogP contribution in [-0.4, -0.2) is 21.4 Å². The molecule has 4 nitrogen and oxygen atoms in total. The van der Waals surface area contributed by atoms with Gasteiger partial charge in [-0.3, -0.25) is 0 Å². The number of hydrogen-bond donors (Lipinski definition) is 1. The average Bonchev–Trinajstić information content (AvgIpc) is 2.78. The fraction of sp³-hybridized carbons (Fsp3) is 0.750. The number of aromatic nitrogens is 2. The third-order valence-electron chi connectivity index (χ3n) is 2.12. The van der Waals surface area contributed by atoms with Gasteiger partial charge in [0, 0.05) is 0 Å². The van der Waals surface area contributed by atoms with E-state index in [4.69, 9.17) is 4.52 Å². The Morgan fingerprint density at radius 1 is 1.67 bits per heavy atom. The molecule has 0 aromatic carbocycles. The summed E-state index contributed by atoms with van der Waals surface area (Å²) in [5.74, 6) is 1.65. The molecular formula is C8H12N2O2. The highest BCUT2D eigenvalue weighted by Crippen LogP contribution is 2.33. The summed E-state index contributed by atoms with van der Waals surface area (Å²) in [6, 6.07) is 0. The number of nitrogens with zero attached hydrogens (tertiary/aromatic N) is 2. The Balaban J connectivity index is 1.93. The molecule has 2 rings (SSSR count). The molecule has 1 N–H and O–H groups in total. The van der Waals surface area contributed by atoms with Crippen molar-refractivity contribution in [2.45, 2.75) is 32.3 Å². The maximum absolute atomic E-state index is 9.52. The highest BCUT2D eigenvalue weighted by Gasteiger charge is 2.30. The van der Waals surface area contributed by atoms with E-state index >= 15 is 0 Å². The number of aliphatic hydroxyl groups is 1. The zero-order valence-corrected chi connectivity index (χ0v) is 7.03. The van der Waals surface area contributed by atoms with Crippen molar-refractivity contribution < 1.29 is 9.63 Å². The predicted octanol–water partition coefficient (Wildman–Crippen LogP) is 0.691. The molecule has 1 aromatic rings. The molecule has 4 heteroatoms. The van der Waals surface area contributed by atoms with Crippen LogP contribution in [0.1, 0.15) is 24.6 Å². The van der Waals surface area contributed by atoms with Crippen LogP contribution < -0.4 is 0 Å². The van der Waals surface area contributed by atoms with Gasteiger partial charge in [0.2, 0.25) is 5.89 Å². The highest BCUT2D eigenvalue weighted by molar-refractivity contribution is 4.90. The Hall–Kier alpha value is -0.900. The Morgan fingerprint density at radius 3 is 2.92 bits per heavy atom. The summed E-state index contributed by atoms with van der Waals surface area (Å²) in [6.07, 6.45) is 2.48. The van der Waals surface area contributed by atoms with Crippen molar-refractivity contribution in [1.29, 1.82) is 0 Å². The Kier molecular flexibility index (Phi) is 1.84. The highest BCUT2D eigenvalue weighted by atomic mass is 16.5. The average molecular weight is 168 g/mol. The van der Waals surface area contributed by atoms with Gasteiger partial charge in [-0.15, -0.1) is 0 Å². The lowest BCUT2D eigenvalue weighted by Crippen LogP contribution is -2.12. The molecule has 66 valence electrons. The largest absolute Gasteiger partial charge is 0.392 e. The lowest BCUT2D eigenvalue weighted by Gasteiger charge is -2.03. The first kappa shape index (κ1) is 7.73. The van der Waals surface area contributed by atoms with E-state index in [0.717, 1.165) is 12.8 Å². The van der Waals surface area contributed by atoms with E-state index in [-0.39, 0.29) is 6.10 Å². The monoisotopic (exact) mass is 168 g/mol. The molecule has 1 aromatic heterocycles. The Labute approximate surface area is 70.6 Å². The first-order chi connectivity index (χ1) is 5.75. The van der Waals surface area contributed by atoms with Crippen LogP contribution in [0.3, 0.4) is 0 Å². The number of rotatable bonds is 3. The second-order valence-electron chi connectivity index (χ2n) is 3.34. The van der Waals surface area contributed by atoms with Gasteiger partial charge in [0.15, 0.2) is 5.82 Å². The Bertz CT molecular complexity index is 268. The zero-order chi connectivity index (χ0) is 8.55. The molecular weight excluding hydrogens is 156 g/mol. The van der Waals surface area contributed by atoms with Gasteiger partial charge < -0.3 is 9.63 Å². The lowest BCUT2D eigenvalue weighted by molar-refractivity contribution is 0.140. The van der Waals surface area contributed by atoms with Gasteiger partial charge >= 0.3 is 0 Å². The van der Waals surface area contributed by atoms with E-state index in [0.29, 0.717) is 24.1 Å². The molecule has 0 amide bonds. The molecule has 1 aliphatic rings. The third-order valence-corrected chi connectivity index (χ3v) is 2.12. The molecule has 0 aliphatic heterocycles. The van der Waals surface area contributed by atoms with E-state index in [1.165, 1.54) is 0 Å². The Morgan fingerprint density at radius 2 is 2.42 bits per heavy atom. The number of aliphatic hydroxyl groups excluding tert-OH is 1. The van der Waals surface area contributed by atoms with Gasteiger partial charge in [0.25, 0.3) is 0 Å². The van der Waals surface area contributed by atoms with Crippen LogP contribution in [0.4, 0.5) is 0 Å². The summed E-state index contributed by atoms with van der Waals surface area (Å²) < 4.78 is 4.89. The van der Waals surface area contributed by atoms with Gasteiger partial charge in [0.1, 0.15) is 0 Å². The zero-order valence-electron chi connectivity index (χ0n) is 7.03. The van der Waals surface area contributed by atoms with Crippen molar-refractivity contribution in [3.63, 3.8) is 0 Å². The minimum Gasteiger partial charge on any atom is -0.392 e. The lowest BCUT2D eigenvalue weighted by atomic mass is 10.2. The van der Waals surface area contributed by atoms with Crippen LogP contribution in [-0.2, 0) is 6.42 Å². The van der Waals surface area contributed by atoms with Crippen molar-refractivity contribution in [2.75, 3.05) is 0 Å². The van der Waals surface area contributed by atoms with Crippen LogP contribution >= 0.6 is 0 Å². The fourth-order valence-electron chi connectivity index (χ4n) is 1.25. The first-order valence-corrected chi connectivity index (χ1v) is 4.23. The molecule has 1 unspecified atom stereocenters. The van der Waals surface area contributed by atoms with Crippen molar-refractivity contribution in [3.05, 3.63) is 11.7 Å². The molecule has 12 heavy (non-hydrogen) atoms. The molecule has 0 spiro atoms. The SMILES string of the molecule is Cc1noc(CC(O)C2CC2)n1. The van der Waals surface area contributed by atoms with E-state index in [2.05, 4.69) is 10.1 Å². The summed E-state index contributed by atoms with van der Waals surface area (Å²) in [5.41, 5.74) is 0. The van der Waals surface area contributed by atoms with Gasteiger partial charge in [-0.1, -0.05) is 5.16 Å². The van der Waals surface area contributed by atoms with Gasteiger partial charge in [-0.25, -0.2) is 0 Å². The van der Waals surface area contributed by atoms with Crippen LogP contribution in [0.5, 0.6) is 0 Å². The van der Waals surface area contributed by atoms with Gasteiger partial charge in [-0.05, 0) is 25.7 Å². The minimum atomic E-state index is -0.287. The third kappa shape index (κ3) is 1.64. The first-order valence-electron chi connectivity index (χ1n) is 4.23. The summed E-state index contributed by atoms with van der Waals surface area (Å²) >= 11 is 0. The van der Waals surface area contributed by atoms with Crippen molar-refractivity contribution >= 4 is 0 Å². The maximum Gasteiger partial charge on any atom is 0.229 e. The van der Waals surface area contributed by atoms with E-state index in [1.54, 1.807) is 6.92 Å². The summed E-state index contributed by atoms with van der Waals surface area (Å²) in [7, 11) is 0. The second-order valence-corrected chi connectivity index (χ2v) is 3.34. The summed E-state index contributed by atoms with van der Waals surface area (Å²) in [6.45, 7) is 1.77. The fourth-order valence-corrected chi connectivity index (χ4v) is 1.25. The molecule has 1 aliphatic carbocycles. The number of hydrogen-bond acceptors (Lipinski definition) is 4. The van der Waals surface area contributed by atoms with Crippen LogP contribution in [0.2, 0.25) is 0 Å². The van der Waals surface area contributed by atoms with Crippen LogP contribution in [0, 0.1) is 12.8 Å². The molecule has 1 heterocycles. The van der Waals surface area contributed by atoms with Crippen molar-refractivity contribution in [2.24, 2.45) is 5.92 Å². The van der Waals surface area contributed by atoms with E-state index in [1.807, 2.05) is 0 Å². The van der Waals surface area contributed by atoms with Gasteiger partial charge in [0.05, 0.1) is 12.5 Å². The van der Waals surface area contributed by atoms with Crippen LogP contribution in [0.25, 0.3) is 0 Å². The normalized spacial score (nSPS) is 19.5. The quantitative estimate of drug-likeness (QED) is 0.721. The molecule has 0 radical (unpaired) electrons. The molecule has 0 saturated heterocycles. The smallest absolute Gasteiger partial charge is 0.229 e. The van der Waals surface area contributed by atoms with Gasteiger partial charge in [-0.2, -0.15) is 4.98 Å².